The summed E-state index contributed by atoms with van der Waals surface area (Å²) in [5.41, 5.74) is 2.09. The van der Waals surface area contributed by atoms with E-state index in [2.05, 4.69) is 15.6 Å². The molecule has 0 atom stereocenters. The lowest BCUT2D eigenvalue weighted by atomic mass is 10.1. The summed E-state index contributed by atoms with van der Waals surface area (Å²) in [4.78, 5) is 4.60. The molecule has 0 unspecified atom stereocenters. The van der Waals surface area contributed by atoms with Crippen LogP contribution in [-0.4, -0.2) is 58.8 Å². The number of hydrogen-bond acceptors (Lipinski definition) is 5. The molecule has 160 valence electrons. The summed E-state index contributed by atoms with van der Waals surface area (Å²) in [7, 11) is -1.51. The lowest BCUT2D eigenvalue weighted by Gasteiger charge is -2.24. The fourth-order valence-corrected chi connectivity index (χ4v) is 2.58. The zero-order chi connectivity index (χ0) is 21.2. The number of rotatable bonds is 11. The molecule has 0 bridgehead atoms. The Morgan fingerprint density at radius 3 is 2.54 bits per heavy atom. The molecular formula is C20H35N3O4S. The van der Waals surface area contributed by atoms with E-state index in [0.717, 1.165) is 23.3 Å². The Morgan fingerprint density at radius 2 is 1.93 bits per heavy atom. The molecule has 28 heavy (non-hydrogen) atoms. The van der Waals surface area contributed by atoms with Crippen molar-refractivity contribution in [3.05, 3.63) is 29.3 Å². The molecule has 0 heterocycles. The average molecular weight is 414 g/mol. The van der Waals surface area contributed by atoms with Gasteiger partial charge in [0.05, 0.1) is 17.9 Å². The van der Waals surface area contributed by atoms with Gasteiger partial charge >= 0.3 is 0 Å². The summed E-state index contributed by atoms with van der Waals surface area (Å²) in [5.74, 6) is 1.39. The number of hydrogen-bond donors (Lipinski definition) is 2. The largest absolute Gasteiger partial charge is 0.493 e. The minimum absolute atomic E-state index is 0.270. The molecule has 0 aliphatic heterocycles. The molecule has 1 aromatic carbocycles. The monoisotopic (exact) mass is 413 g/mol. The first-order valence-electron chi connectivity index (χ1n) is 9.53. The summed E-state index contributed by atoms with van der Waals surface area (Å²) in [5, 5.41) is 6.29. The lowest BCUT2D eigenvalue weighted by molar-refractivity contribution is 0.172. The zero-order valence-corrected chi connectivity index (χ0v) is 18.8. The van der Waals surface area contributed by atoms with E-state index in [9.17, 15) is 8.42 Å². The summed E-state index contributed by atoms with van der Waals surface area (Å²) in [6.45, 7) is 10.00. The van der Waals surface area contributed by atoms with E-state index < -0.39 is 14.6 Å². The molecule has 0 amide bonds. The summed E-state index contributed by atoms with van der Waals surface area (Å²) in [6, 6.07) is 6.04. The molecule has 0 fully saturated rings. The van der Waals surface area contributed by atoms with Crippen molar-refractivity contribution in [1.82, 2.24) is 10.6 Å². The summed E-state index contributed by atoms with van der Waals surface area (Å²) in [6.07, 6.45) is 2.07. The maximum Gasteiger partial charge on any atom is 0.191 e. The molecule has 0 saturated carbocycles. The number of aliphatic imine (C=N–C) groups is 1. The molecule has 1 rings (SSSR count). The zero-order valence-electron chi connectivity index (χ0n) is 18.0. The molecule has 8 heteroatoms. The van der Waals surface area contributed by atoms with Gasteiger partial charge in [-0.3, -0.25) is 0 Å². The number of sulfone groups is 1. The van der Waals surface area contributed by atoms with Gasteiger partial charge in [-0.15, -0.1) is 0 Å². The standard InChI is InChI=1S/C20H35N3O4S/c1-7-21-19(23-15-20(3,4)28(6,24)25)22-14-17-10-9-16(2)13-18(17)27-12-8-11-26-5/h9-10,13H,7-8,11-12,14-15H2,1-6H3,(H2,21,22,23). The number of methoxy groups -OCH3 is 1. The van der Waals surface area contributed by atoms with Crippen molar-refractivity contribution in [2.24, 2.45) is 4.99 Å². The highest BCUT2D eigenvalue weighted by Crippen LogP contribution is 2.21. The topological polar surface area (TPSA) is 89.0 Å². The number of aryl methyl sites for hydroxylation is 1. The molecule has 0 spiro atoms. The Balaban J connectivity index is 2.86. The first-order chi connectivity index (χ1) is 13.1. The van der Waals surface area contributed by atoms with E-state index in [1.54, 1.807) is 21.0 Å². The first kappa shape index (κ1) is 24.2. The van der Waals surface area contributed by atoms with Crippen LogP contribution in [0.2, 0.25) is 0 Å². The van der Waals surface area contributed by atoms with Crippen LogP contribution < -0.4 is 15.4 Å². The van der Waals surface area contributed by atoms with Crippen LogP contribution in [0.5, 0.6) is 5.75 Å². The van der Waals surface area contributed by atoms with Gasteiger partial charge in [0, 0.05) is 45.0 Å². The highest BCUT2D eigenvalue weighted by Gasteiger charge is 2.30. The van der Waals surface area contributed by atoms with Crippen molar-refractivity contribution in [3.63, 3.8) is 0 Å². The number of ether oxygens (including phenoxy) is 2. The quantitative estimate of drug-likeness (QED) is 0.329. The van der Waals surface area contributed by atoms with Crippen molar-refractivity contribution in [2.45, 2.75) is 45.4 Å². The van der Waals surface area contributed by atoms with Gasteiger partial charge in [0.15, 0.2) is 15.8 Å². The highest BCUT2D eigenvalue weighted by molar-refractivity contribution is 7.92. The van der Waals surface area contributed by atoms with Crippen molar-refractivity contribution in [1.29, 1.82) is 0 Å². The summed E-state index contributed by atoms with van der Waals surface area (Å²) < 4.78 is 33.9. The van der Waals surface area contributed by atoms with Crippen LogP contribution in [0, 0.1) is 6.92 Å². The Bertz CT molecular complexity index is 746. The first-order valence-corrected chi connectivity index (χ1v) is 11.4. The predicted molar refractivity (Wildman–Crippen MR) is 115 cm³/mol. The van der Waals surface area contributed by atoms with Crippen molar-refractivity contribution in [3.8, 4) is 5.75 Å². The van der Waals surface area contributed by atoms with E-state index >= 15 is 0 Å². The molecular weight excluding hydrogens is 378 g/mol. The van der Waals surface area contributed by atoms with Crippen LogP contribution in [-0.2, 0) is 21.1 Å². The Kier molecular flexibility index (Phi) is 9.75. The minimum Gasteiger partial charge on any atom is -0.493 e. The van der Waals surface area contributed by atoms with E-state index in [-0.39, 0.29) is 6.54 Å². The van der Waals surface area contributed by atoms with Crippen LogP contribution >= 0.6 is 0 Å². The second-order valence-corrected chi connectivity index (χ2v) is 10.0. The van der Waals surface area contributed by atoms with Gasteiger partial charge in [0.2, 0.25) is 0 Å². The Labute approximate surface area is 169 Å². The number of benzene rings is 1. The van der Waals surface area contributed by atoms with Gasteiger partial charge in [-0.25, -0.2) is 13.4 Å². The molecule has 2 N–H and O–H groups in total. The lowest BCUT2D eigenvalue weighted by Crippen LogP contribution is -2.47. The van der Waals surface area contributed by atoms with Gasteiger partial charge < -0.3 is 20.1 Å². The van der Waals surface area contributed by atoms with Gasteiger partial charge in [-0.05, 0) is 39.3 Å². The average Bonchev–Trinajstić information content (AvgIpc) is 2.61. The number of guanidine groups is 1. The van der Waals surface area contributed by atoms with Crippen LogP contribution in [0.25, 0.3) is 0 Å². The van der Waals surface area contributed by atoms with E-state index in [1.807, 2.05) is 32.0 Å². The Morgan fingerprint density at radius 1 is 1.21 bits per heavy atom. The molecule has 0 aliphatic rings. The number of nitrogens with zero attached hydrogens (tertiary/aromatic N) is 1. The second-order valence-electron chi connectivity index (χ2n) is 7.39. The van der Waals surface area contributed by atoms with Crippen LogP contribution in [0.3, 0.4) is 0 Å². The van der Waals surface area contributed by atoms with E-state index in [1.165, 1.54) is 6.26 Å². The maximum absolute atomic E-state index is 11.9. The third-order valence-electron chi connectivity index (χ3n) is 4.41. The van der Waals surface area contributed by atoms with Crippen LogP contribution in [0.4, 0.5) is 0 Å². The molecule has 7 nitrogen and oxygen atoms in total. The summed E-state index contributed by atoms with van der Waals surface area (Å²) >= 11 is 0. The van der Waals surface area contributed by atoms with Crippen molar-refractivity contribution in [2.75, 3.05) is 39.7 Å². The van der Waals surface area contributed by atoms with E-state index in [0.29, 0.717) is 32.3 Å². The fourth-order valence-electron chi connectivity index (χ4n) is 2.25. The van der Waals surface area contributed by atoms with Gasteiger partial charge in [-0.2, -0.15) is 0 Å². The molecule has 0 aromatic heterocycles. The molecule has 1 aromatic rings. The smallest absolute Gasteiger partial charge is 0.191 e. The van der Waals surface area contributed by atoms with Crippen molar-refractivity contribution >= 4 is 15.8 Å². The predicted octanol–water partition coefficient (Wildman–Crippen LogP) is 2.29. The minimum atomic E-state index is -3.18. The normalized spacial score (nSPS) is 12.7. The SMILES string of the molecule is CCNC(=NCc1ccc(C)cc1OCCCOC)NCC(C)(C)S(C)(=O)=O. The highest BCUT2D eigenvalue weighted by atomic mass is 32.2. The van der Waals surface area contributed by atoms with Gasteiger partial charge in [0.1, 0.15) is 5.75 Å². The fraction of sp³-hybridized carbons (Fsp3) is 0.650. The van der Waals surface area contributed by atoms with Gasteiger partial charge in [0.25, 0.3) is 0 Å². The van der Waals surface area contributed by atoms with Crippen LogP contribution in [0.15, 0.2) is 23.2 Å². The molecule has 0 saturated heterocycles. The third-order valence-corrected chi connectivity index (χ3v) is 6.56. The third kappa shape index (κ3) is 8.06. The molecule has 0 radical (unpaired) electrons. The second kappa shape index (κ2) is 11.3. The Hall–Kier alpha value is -1.80. The van der Waals surface area contributed by atoms with E-state index in [4.69, 9.17) is 9.47 Å². The maximum atomic E-state index is 11.9. The molecule has 0 aliphatic carbocycles. The van der Waals surface area contributed by atoms with Gasteiger partial charge in [-0.1, -0.05) is 12.1 Å². The van der Waals surface area contributed by atoms with Crippen LogP contribution in [0.1, 0.15) is 38.3 Å². The number of nitrogens with one attached hydrogen (secondary N) is 2. The van der Waals surface area contributed by atoms with Crippen molar-refractivity contribution < 1.29 is 17.9 Å².